The molecule has 102 valence electrons. The second-order valence-corrected chi connectivity index (χ2v) is 5.18. The largest absolute Gasteiger partial charge is 0.393 e. The van der Waals surface area contributed by atoms with E-state index in [-0.39, 0.29) is 12.1 Å². The van der Waals surface area contributed by atoms with Crippen molar-refractivity contribution in [3.8, 4) is 6.07 Å². The maximum Gasteiger partial charge on any atom is 0.127 e. The Morgan fingerprint density at radius 2 is 2.26 bits per heavy atom. The van der Waals surface area contributed by atoms with E-state index in [0.717, 1.165) is 30.8 Å². The molecule has 0 spiro atoms. The topological polar surface area (TPSA) is 81.0 Å². The molecule has 1 aliphatic rings. The van der Waals surface area contributed by atoms with Gasteiger partial charge in [0.2, 0.25) is 0 Å². The summed E-state index contributed by atoms with van der Waals surface area (Å²) in [5, 5.41) is 25.4. The predicted molar refractivity (Wildman–Crippen MR) is 74.9 cm³/mol. The zero-order valence-electron chi connectivity index (χ0n) is 11.3. The number of rotatable bonds is 3. The number of pyridine rings is 1. The summed E-state index contributed by atoms with van der Waals surface area (Å²) in [4.78, 5) is 4.13. The lowest BCUT2D eigenvalue weighted by Gasteiger charge is -2.32. The van der Waals surface area contributed by atoms with Crippen LogP contribution in [0.25, 0.3) is 0 Å². The summed E-state index contributed by atoms with van der Waals surface area (Å²) in [7, 11) is 1.80. The van der Waals surface area contributed by atoms with Gasteiger partial charge in [-0.2, -0.15) is 5.26 Å². The number of aromatic nitrogens is 1. The molecule has 0 aliphatic heterocycles. The summed E-state index contributed by atoms with van der Waals surface area (Å²) in [6.45, 7) is 2.08. The zero-order valence-corrected chi connectivity index (χ0v) is 11.3. The summed E-state index contributed by atoms with van der Waals surface area (Å²) < 4.78 is 0. The molecule has 5 heteroatoms. The molecule has 1 saturated carbocycles. The van der Waals surface area contributed by atoms with Crippen LogP contribution in [0.15, 0.2) is 12.3 Å². The lowest BCUT2D eigenvalue weighted by atomic mass is 9.84. The number of hydrogen-bond acceptors (Lipinski definition) is 5. The minimum Gasteiger partial charge on any atom is -0.393 e. The molecular formula is C14H20N4O. The second-order valence-electron chi connectivity index (χ2n) is 5.18. The summed E-state index contributed by atoms with van der Waals surface area (Å²) >= 11 is 0. The van der Waals surface area contributed by atoms with Gasteiger partial charge >= 0.3 is 0 Å². The van der Waals surface area contributed by atoms with Gasteiger partial charge in [0.25, 0.3) is 0 Å². The summed E-state index contributed by atoms with van der Waals surface area (Å²) in [5.41, 5.74) is 1.32. The Morgan fingerprint density at radius 1 is 1.47 bits per heavy atom. The van der Waals surface area contributed by atoms with Crippen LogP contribution in [0.5, 0.6) is 0 Å². The highest BCUT2D eigenvalue weighted by Gasteiger charge is 2.26. The minimum atomic E-state index is -0.262. The number of anilines is 2. The quantitative estimate of drug-likeness (QED) is 0.774. The van der Waals surface area contributed by atoms with Crippen LogP contribution in [0, 0.1) is 17.2 Å². The van der Waals surface area contributed by atoms with E-state index in [4.69, 9.17) is 5.26 Å². The lowest BCUT2D eigenvalue weighted by Crippen LogP contribution is -2.35. The van der Waals surface area contributed by atoms with Gasteiger partial charge in [-0.3, -0.25) is 0 Å². The molecule has 2 rings (SSSR count). The van der Waals surface area contributed by atoms with E-state index < -0.39 is 0 Å². The summed E-state index contributed by atoms with van der Waals surface area (Å²) in [6, 6.07) is 4.19. The molecule has 0 aromatic carbocycles. The van der Waals surface area contributed by atoms with Crippen molar-refractivity contribution in [2.45, 2.75) is 38.3 Å². The monoisotopic (exact) mass is 260 g/mol. The second kappa shape index (κ2) is 5.89. The standard InChI is InChI=1S/C14H20N4O/c1-9-3-4-11(5-13(9)19)18-12-6-14(16-2)17-8-10(12)7-15/h6,8-9,11,13,19H,3-5H2,1-2H3,(H2,16,17,18)/t9-,11-,13-/m1/s1. The molecule has 5 nitrogen and oxygen atoms in total. The van der Waals surface area contributed by atoms with Crippen LogP contribution in [0.3, 0.4) is 0 Å². The van der Waals surface area contributed by atoms with Gasteiger partial charge in [0.15, 0.2) is 0 Å². The first kappa shape index (κ1) is 13.6. The SMILES string of the molecule is CNc1cc(N[C@@H]2CC[C@@H](C)[C@H](O)C2)c(C#N)cn1. The lowest BCUT2D eigenvalue weighted by molar-refractivity contribution is 0.0740. The molecule has 0 saturated heterocycles. The van der Waals surface area contributed by atoms with Crippen LogP contribution in [-0.2, 0) is 0 Å². The van der Waals surface area contributed by atoms with E-state index >= 15 is 0 Å². The van der Waals surface area contributed by atoms with E-state index in [2.05, 4.69) is 28.6 Å². The summed E-state index contributed by atoms with van der Waals surface area (Å²) in [6.07, 6.45) is 4.05. The third-order valence-electron chi connectivity index (χ3n) is 3.79. The Balaban J connectivity index is 2.12. The molecule has 0 amide bonds. The average molecular weight is 260 g/mol. The summed E-state index contributed by atoms with van der Waals surface area (Å²) in [5.74, 6) is 1.09. The van der Waals surface area contributed by atoms with Gasteiger partial charge in [-0.05, 0) is 25.2 Å². The maximum atomic E-state index is 9.92. The zero-order chi connectivity index (χ0) is 13.8. The molecule has 19 heavy (non-hydrogen) atoms. The molecule has 1 heterocycles. The molecule has 1 aromatic heterocycles. The van der Waals surface area contributed by atoms with E-state index in [1.54, 1.807) is 13.2 Å². The smallest absolute Gasteiger partial charge is 0.127 e. The van der Waals surface area contributed by atoms with Crippen LogP contribution in [-0.4, -0.2) is 29.3 Å². The number of hydrogen-bond donors (Lipinski definition) is 3. The third kappa shape index (κ3) is 3.15. The normalized spacial score (nSPS) is 26.5. The molecular weight excluding hydrogens is 240 g/mol. The van der Waals surface area contributed by atoms with Crippen molar-refractivity contribution < 1.29 is 5.11 Å². The van der Waals surface area contributed by atoms with Crippen LogP contribution in [0.2, 0.25) is 0 Å². The van der Waals surface area contributed by atoms with Gasteiger partial charge in [0.1, 0.15) is 11.9 Å². The van der Waals surface area contributed by atoms with Gasteiger partial charge in [0.05, 0.1) is 17.4 Å². The predicted octanol–water partition coefficient (Wildman–Crippen LogP) is 1.96. The number of nitriles is 1. The molecule has 3 N–H and O–H groups in total. The van der Waals surface area contributed by atoms with E-state index in [9.17, 15) is 5.11 Å². The van der Waals surface area contributed by atoms with Crippen molar-refractivity contribution in [3.63, 3.8) is 0 Å². The third-order valence-corrected chi connectivity index (χ3v) is 3.79. The molecule has 1 aliphatic carbocycles. The van der Waals surface area contributed by atoms with Gasteiger partial charge < -0.3 is 15.7 Å². The Hall–Kier alpha value is -1.80. The molecule has 0 bridgehead atoms. The molecule has 1 aromatic rings. The Bertz CT molecular complexity index is 483. The van der Waals surface area contributed by atoms with Crippen molar-refractivity contribution in [3.05, 3.63) is 17.8 Å². The van der Waals surface area contributed by atoms with E-state index in [1.165, 1.54) is 0 Å². The van der Waals surface area contributed by atoms with Crippen LogP contribution in [0.1, 0.15) is 31.7 Å². The van der Waals surface area contributed by atoms with Crippen molar-refractivity contribution in [2.75, 3.05) is 17.7 Å². The maximum absolute atomic E-state index is 9.92. The van der Waals surface area contributed by atoms with Gasteiger partial charge in [-0.1, -0.05) is 6.92 Å². The molecule has 3 atom stereocenters. The fourth-order valence-electron chi connectivity index (χ4n) is 2.45. The fourth-order valence-corrected chi connectivity index (χ4v) is 2.45. The van der Waals surface area contributed by atoms with Crippen molar-refractivity contribution >= 4 is 11.5 Å². The molecule has 0 unspecified atom stereocenters. The van der Waals surface area contributed by atoms with Crippen molar-refractivity contribution in [2.24, 2.45) is 5.92 Å². The van der Waals surface area contributed by atoms with Gasteiger partial charge in [-0.15, -0.1) is 0 Å². The average Bonchev–Trinajstić information content (AvgIpc) is 2.43. The number of nitrogens with zero attached hydrogens (tertiary/aromatic N) is 2. The van der Waals surface area contributed by atoms with Crippen LogP contribution in [0.4, 0.5) is 11.5 Å². The van der Waals surface area contributed by atoms with Crippen LogP contribution >= 0.6 is 0 Å². The fraction of sp³-hybridized carbons (Fsp3) is 0.571. The Labute approximate surface area is 113 Å². The highest BCUT2D eigenvalue weighted by atomic mass is 16.3. The first-order valence-electron chi connectivity index (χ1n) is 6.66. The Kier molecular flexibility index (Phi) is 4.23. The van der Waals surface area contributed by atoms with Gasteiger partial charge in [-0.25, -0.2) is 4.98 Å². The highest BCUT2D eigenvalue weighted by molar-refractivity contribution is 5.62. The van der Waals surface area contributed by atoms with E-state index in [1.807, 2.05) is 6.07 Å². The Morgan fingerprint density at radius 3 is 2.89 bits per heavy atom. The van der Waals surface area contributed by atoms with Gasteiger partial charge in [0, 0.05) is 25.4 Å². The first-order valence-corrected chi connectivity index (χ1v) is 6.66. The number of aliphatic hydroxyl groups is 1. The first-order chi connectivity index (χ1) is 9.13. The van der Waals surface area contributed by atoms with Crippen LogP contribution < -0.4 is 10.6 Å². The molecule has 0 radical (unpaired) electrons. The van der Waals surface area contributed by atoms with Crippen molar-refractivity contribution in [1.82, 2.24) is 4.98 Å². The minimum absolute atomic E-state index is 0.213. The number of nitrogens with one attached hydrogen (secondary N) is 2. The molecule has 1 fully saturated rings. The van der Waals surface area contributed by atoms with E-state index in [0.29, 0.717) is 11.5 Å². The van der Waals surface area contributed by atoms with Crippen molar-refractivity contribution in [1.29, 1.82) is 5.26 Å². The number of aliphatic hydroxyl groups excluding tert-OH is 1. The highest BCUT2D eigenvalue weighted by Crippen LogP contribution is 2.28.